The number of nitrogens with one attached hydrogen (secondary N) is 1. The Morgan fingerprint density at radius 1 is 1.21 bits per heavy atom. The van der Waals surface area contributed by atoms with E-state index in [0.29, 0.717) is 52.0 Å². The molecule has 0 unspecified atom stereocenters. The first kappa shape index (κ1) is 24.3. The second kappa shape index (κ2) is 10.5. The molecule has 0 spiro atoms. The van der Waals surface area contributed by atoms with Crippen molar-refractivity contribution >= 4 is 28.4 Å². The van der Waals surface area contributed by atoms with Crippen LogP contribution in [0.15, 0.2) is 41.8 Å². The maximum Gasteiger partial charge on any atom is 0.259 e. The van der Waals surface area contributed by atoms with Gasteiger partial charge in [0.05, 0.1) is 43.6 Å². The number of hydrogen-bond donors (Lipinski definition) is 1. The van der Waals surface area contributed by atoms with E-state index in [0.717, 1.165) is 10.9 Å². The van der Waals surface area contributed by atoms with Crippen molar-refractivity contribution in [3.8, 4) is 22.6 Å². The van der Waals surface area contributed by atoms with E-state index < -0.39 is 0 Å². The standard InChI is InChI=1S/C24H26ClN3O5/c1-6-21(29)27-13-16-10-18-15(12-26-16)9-17(24(30)28(18)7-8-31-3)22-14(2)19(32-4)11-20(33-5)23(22)25/h6,9-12H,1,7-8,13H2,2-5H3,(H,27,29). The summed E-state index contributed by atoms with van der Waals surface area (Å²) in [6, 6.07) is 5.23. The fraction of sp³-hybridized carbons (Fsp3) is 0.292. The number of ether oxygens (including phenoxy) is 3. The maximum atomic E-state index is 13.7. The van der Waals surface area contributed by atoms with E-state index in [1.807, 2.05) is 6.92 Å². The number of nitrogens with zero attached hydrogens (tertiary/aromatic N) is 2. The molecule has 2 heterocycles. The molecule has 0 saturated heterocycles. The van der Waals surface area contributed by atoms with Crippen LogP contribution in [0.1, 0.15) is 11.3 Å². The lowest BCUT2D eigenvalue weighted by Gasteiger charge is -2.18. The fourth-order valence-corrected chi connectivity index (χ4v) is 4.00. The van der Waals surface area contributed by atoms with Crippen LogP contribution in [0.3, 0.4) is 0 Å². The van der Waals surface area contributed by atoms with Crippen LogP contribution >= 0.6 is 11.6 Å². The van der Waals surface area contributed by atoms with Crippen molar-refractivity contribution in [2.24, 2.45) is 0 Å². The van der Waals surface area contributed by atoms with Crippen molar-refractivity contribution < 1.29 is 19.0 Å². The van der Waals surface area contributed by atoms with Crippen LogP contribution in [0.2, 0.25) is 5.02 Å². The molecule has 0 atom stereocenters. The van der Waals surface area contributed by atoms with Gasteiger partial charge in [-0.15, -0.1) is 0 Å². The molecule has 1 aromatic carbocycles. The molecule has 0 saturated carbocycles. The molecule has 8 nitrogen and oxygen atoms in total. The number of methoxy groups -OCH3 is 3. The fourth-order valence-electron chi connectivity index (χ4n) is 3.63. The van der Waals surface area contributed by atoms with E-state index >= 15 is 0 Å². The van der Waals surface area contributed by atoms with E-state index in [-0.39, 0.29) is 18.0 Å². The van der Waals surface area contributed by atoms with Gasteiger partial charge in [0, 0.05) is 48.0 Å². The van der Waals surface area contributed by atoms with Crippen LogP contribution in [0.5, 0.6) is 11.5 Å². The Balaban J connectivity index is 2.27. The Morgan fingerprint density at radius 3 is 2.58 bits per heavy atom. The third kappa shape index (κ3) is 4.86. The van der Waals surface area contributed by atoms with E-state index in [9.17, 15) is 9.59 Å². The van der Waals surface area contributed by atoms with Crippen molar-refractivity contribution in [3.05, 3.63) is 63.7 Å². The van der Waals surface area contributed by atoms with E-state index in [1.165, 1.54) is 13.2 Å². The van der Waals surface area contributed by atoms with Gasteiger partial charge in [0.15, 0.2) is 0 Å². The van der Waals surface area contributed by atoms with Crippen molar-refractivity contribution in [1.29, 1.82) is 0 Å². The van der Waals surface area contributed by atoms with Crippen LogP contribution < -0.4 is 20.3 Å². The first-order chi connectivity index (χ1) is 15.9. The lowest BCUT2D eigenvalue weighted by atomic mass is 9.98. The quantitative estimate of drug-likeness (QED) is 0.480. The Labute approximate surface area is 196 Å². The summed E-state index contributed by atoms with van der Waals surface area (Å²) in [5.41, 5.74) is 2.68. The van der Waals surface area contributed by atoms with Crippen LogP contribution in [0, 0.1) is 6.92 Å². The molecule has 1 amide bonds. The van der Waals surface area contributed by atoms with Gasteiger partial charge in [-0.2, -0.15) is 0 Å². The second-order valence-corrected chi connectivity index (χ2v) is 7.64. The summed E-state index contributed by atoms with van der Waals surface area (Å²) in [6.07, 6.45) is 2.86. The maximum absolute atomic E-state index is 13.7. The molecule has 0 aliphatic heterocycles. The highest BCUT2D eigenvalue weighted by atomic mass is 35.5. The summed E-state index contributed by atoms with van der Waals surface area (Å²) < 4.78 is 17.7. The molecule has 174 valence electrons. The molecule has 3 aromatic rings. The molecular weight excluding hydrogens is 446 g/mol. The summed E-state index contributed by atoms with van der Waals surface area (Å²) in [6.45, 7) is 6.14. The van der Waals surface area contributed by atoms with Gasteiger partial charge in [0.25, 0.3) is 5.56 Å². The number of carbonyl (C=O) groups excluding carboxylic acids is 1. The number of aromatic nitrogens is 2. The number of fused-ring (bicyclic) bond motifs is 1. The number of rotatable bonds is 9. The lowest BCUT2D eigenvalue weighted by molar-refractivity contribution is -0.116. The Morgan fingerprint density at radius 2 is 1.94 bits per heavy atom. The average molecular weight is 472 g/mol. The van der Waals surface area contributed by atoms with Crippen molar-refractivity contribution in [2.75, 3.05) is 27.9 Å². The van der Waals surface area contributed by atoms with Crippen LogP contribution in [-0.4, -0.2) is 43.4 Å². The smallest absolute Gasteiger partial charge is 0.259 e. The minimum atomic E-state index is -0.305. The monoisotopic (exact) mass is 471 g/mol. The lowest BCUT2D eigenvalue weighted by Crippen LogP contribution is -2.25. The van der Waals surface area contributed by atoms with E-state index in [4.69, 9.17) is 25.8 Å². The van der Waals surface area contributed by atoms with Crippen LogP contribution in [-0.2, 0) is 22.6 Å². The summed E-state index contributed by atoms with van der Waals surface area (Å²) in [4.78, 5) is 29.6. The minimum absolute atomic E-state index is 0.207. The average Bonchev–Trinajstić information content (AvgIpc) is 2.82. The van der Waals surface area contributed by atoms with Crippen molar-refractivity contribution in [1.82, 2.24) is 14.9 Å². The molecule has 2 aromatic heterocycles. The van der Waals surface area contributed by atoms with Crippen molar-refractivity contribution in [3.63, 3.8) is 0 Å². The van der Waals surface area contributed by atoms with Gasteiger partial charge in [-0.05, 0) is 25.1 Å². The number of benzene rings is 1. The number of hydrogen-bond acceptors (Lipinski definition) is 6. The van der Waals surface area contributed by atoms with Gasteiger partial charge >= 0.3 is 0 Å². The molecule has 0 aliphatic carbocycles. The van der Waals surface area contributed by atoms with Crippen molar-refractivity contribution in [2.45, 2.75) is 20.0 Å². The normalized spacial score (nSPS) is 10.8. The molecule has 3 rings (SSSR count). The summed E-state index contributed by atoms with van der Waals surface area (Å²) in [5, 5.41) is 3.75. The highest BCUT2D eigenvalue weighted by molar-refractivity contribution is 6.35. The molecule has 33 heavy (non-hydrogen) atoms. The SMILES string of the molecule is C=CC(=O)NCc1cc2c(cn1)cc(-c1c(C)c(OC)cc(OC)c1Cl)c(=O)n2CCOC. The Hall–Kier alpha value is -3.36. The van der Waals surface area contributed by atoms with Gasteiger partial charge < -0.3 is 24.1 Å². The van der Waals surface area contributed by atoms with Crippen LogP contribution in [0.4, 0.5) is 0 Å². The summed E-state index contributed by atoms with van der Waals surface area (Å²) in [5.74, 6) is 0.658. The third-order valence-electron chi connectivity index (χ3n) is 5.33. The summed E-state index contributed by atoms with van der Waals surface area (Å²) >= 11 is 6.65. The van der Waals surface area contributed by atoms with Gasteiger partial charge in [-0.1, -0.05) is 18.2 Å². The van der Waals surface area contributed by atoms with E-state index in [1.54, 1.807) is 43.2 Å². The van der Waals surface area contributed by atoms with E-state index in [2.05, 4.69) is 16.9 Å². The molecule has 1 N–H and O–H groups in total. The molecule has 0 radical (unpaired) electrons. The van der Waals surface area contributed by atoms with Crippen LogP contribution in [0.25, 0.3) is 22.0 Å². The zero-order valence-electron chi connectivity index (χ0n) is 19.0. The topological polar surface area (TPSA) is 91.7 Å². The highest BCUT2D eigenvalue weighted by Gasteiger charge is 2.21. The Bertz CT molecular complexity index is 1240. The van der Waals surface area contributed by atoms with Gasteiger partial charge in [0.1, 0.15) is 11.5 Å². The predicted molar refractivity (Wildman–Crippen MR) is 128 cm³/mol. The second-order valence-electron chi connectivity index (χ2n) is 7.26. The first-order valence-corrected chi connectivity index (χ1v) is 10.6. The number of halogens is 1. The van der Waals surface area contributed by atoms with Gasteiger partial charge in [-0.25, -0.2) is 0 Å². The van der Waals surface area contributed by atoms with Gasteiger partial charge in [0.2, 0.25) is 5.91 Å². The summed E-state index contributed by atoms with van der Waals surface area (Å²) in [7, 11) is 4.63. The minimum Gasteiger partial charge on any atom is -0.496 e. The van der Waals surface area contributed by atoms with Gasteiger partial charge in [-0.3, -0.25) is 14.6 Å². The molecule has 9 heteroatoms. The number of amides is 1. The molecular formula is C24H26ClN3O5. The largest absolute Gasteiger partial charge is 0.496 e. The zero-order chi connectivity index (χ0) is 24.1. The molecule has 0 bridgehead atoms. The predicted octanol–water partition coefficient (Wildman–Crippen LogP) is 3.49. The third-order valence-corrected chi connectivity index (χ3v) is 5.71. The number of pyridine rings is 2. The molecule has 0 aliphatic rings. The number of carbonyl (C=O) groups is 1. The Kier molecular flexibility index (Phi) is 7.73. The zero-order valence-corrected chi connectivity index (χ0v) is 19.8. The molecule has 0 fully saturated rings. The first-order valence-electron chi connectivity index (χ1n) is 10.2. The highest BCUT2D eigenvalue weighted by Crippen LogP contribution is 2.42.